The number of carbonyl (C=O) groups excluding carboxylic acids is 2. The van der Waals surface area contributed by atoms with Gasteiger partial charge in [-0.05, 0) is 60.7 Å². The van der Waals surface area contributed by atoms with Gasteiger partial charge in [-0.15, -0.1) is 0 Å². The van der Waals surface area contributed by atoms with E-state index in [0.29, 0.717) is 22.4 Å². The van der Waals surface area contributed by atoms with Crippen LogP contribution in [0.3, 0.4) is 0 Å². The van der Waals surface area contributed by atoms with Crippen LogP contribution < -0.4 is 4.74 Å². The smallest absolute Gasteiger partial charge is 0.212 e. The van der Waals surface area contributed by atoms with E-state index in [2.05, 4.69) is 15.9 Å². The lowest BCUT2D eigenvalue weighted by atomic mass is 10.0. The number of benzene rings is 2. The first-order valence-corrected chi connectivity index (χ1v) is 9.58. The van der Waals surface area contributed by atoms with Crippen molar-refractivity contribution >= 4 is 33.0 Å². The van der Waals surface area contributed by atoms with Crippen LogP contribution in [0, 0.1) is 5.82 Å². The monoisotopic (exact) mass is 451 g/mol. The van der Waals surface area contributed by atoms with Crippen molar-refractivity contribution in [1.82, 2.24) is 4.40 Å². The number of rotatable bonds is 5. The van der Waals surface area contributed by atoms with Crippen LogP contribution in [-0.4, -0.2) is 23.1 Å². The Morgan fingerprint density at radius 2 is 1.52 bits per heavy atom. The van der Waals surface area contributed by atoms with Gasteiger partial charge in [-0.3, -0.25) is 9.59 Å². The van der Waals surface area contributed by atoms with Gasteiger partial charge >= 0.3 is 0 Å². The molecule has 0 aliphatic heterocycles. The maximum Gasteiger partial charge on any atom is 0.212 e. The van der Waals surface area contributed by atoms with Crippen LogP contribution in [0.15, 0.2) is 77.4 Å². The van der Waals surface area contributed by atoms with Gasteiger partial charge in [-0.1, -0.05) is 22.0 Å². The number of ketones is 2. The molecule has 0 saturated carbocycles. The summed E-state index contributed by atoms with van der Waals surface area (Å²) >= 11 is 3.32. The predicted molar refractivity (Wildman–Crippen MR) is 111 cm³/mol. The number of fused-ring (bicyclic) bond motifs is 1. The maximum absolute atomic E-state index is 15.5. The number of halogens is 2. The summed E-state index contributed by atoms with van der Waals surface area (Å²) in [7, 11) is 1.52. The van der Waals surface area contributed by atoms with Crippen LogP contribution in [0.1, 0.15) is 32.0 Å². The molecule has 0 spiro atoms. The minimum Gasteiger partial charge on any atom is -0.497 e. The summed E-state index contributed by atoms with van der Waals surface area (Å²) in [6.07, 6.45) is 1.58. The number of carbonyl (C=O) groups is 2. The Bertz CT molecular complexity index is 1230. The van der Waals surface area contributed by atoms with Gasteiger partial charge in [0.2, 0.25) is 5.78 Å². The molecule has 0 saturated heterocycles. The normalized spacial score (nSPS) is 10.9. The van der Waals surface area contributed by atoms with Crippen LogP contribution in [-0.2, 0) is 0 Å². The number of hydrogen-bond acceptors (Lipinski definition) is 3. The summed E-state index contributed by atoms with van der Waals surface area (Å²) in [4.78, 5) is 26.1. The zero-order valence-electron chi connectivity index (χ0n) is 15.4. The summed E-state index contributed by atoms with van der Waals surface area (Å²) in [6.45, 7) is 0. The second-order valence-corrected chi connectivity index (χ2v) is 7.30. The molecule has 29 heavy (non-hydrogen) atoms. The van der Waals surface area contributed by atoms with Gasteiger partial charge in [0, 0.05) is 21.8 Å². The van der Waals surface area contributed by atoms with Crippen LogP contribution in [0.2, 0.25) is 0 Å². The highest BCUT2D eigenvalue weighted by Crippen LogP contribution is 2.28. The standard InChI is InChI=1S/C23H15BrFNO3/c1-29-17-11-7-15(8-12-17)23(28)21-20(25)19(18-4-2-3-13-26(18)21)22(27)14-5-9-16(24)10-6-14/h2-13H,1H3. The molecule has 2 aromatic heterocycles. The molecule has 0 aliphatic rings. The number of nitrogens with zero attached hydrogens (tertiary/aromatic N) is 1. The first-order chi connectivity index (χ1) is 14.0. The van der Waals surface area contributed by atoms with E-state index in [1.54, 1.807) is 72.9 Å². The average molecular weight is 452 g/mol. The average Bonchev–Trinajstić information content (AvgIpc) is 3.05. The molecule has 0 radical (unpaired) electrons. The molecule has 0 bridgehead atoms. The molecule has 4 aromatic rings. The molecule has 4 rings (SSSR count). The van der Waals surface area contributed by atoms with Gasteiger partial charge < -0.3 is 9.14 Å². The molecule has 2 heterocycles. The Kier molecular flexibility index (Phi) is 5.03. The Morgan fingerprint density at radius 3 is 2.17 bits per heavy atom. The van der Waals surface area contributed by atoms with Crippen LogP contribution in [0.25, 0.3) is 5.52 Å². The Morgan fingerprint density at radius 1 is 0.897 bits per heavy atom. The van der Waals surface area contributed by atoms with Crippen molar-refractivity contribution in [3.05, 3.63) is 106 Å². The van der Waals surface area contributed by atoms with Crippen LogP contribution in [0.4, 0.5) is 4.39 Å². The van der Waals surface area contributed by atoms with E-state index in [4.69, 9.17) is 4.74 Å². The SMILES string of the molecule is COc1ccc(C(=O)c2c(F)c(C(=O)c3ccc(Br)cc3)c3ccccn23)cc1. The Balaban J connectivity index is 1.87. The molecular weight excluding hydrogens is 437 g/mol. The lowest BCUT2D eigenvalue weighted by Crippen LogP contribution is -2.08. The molecular formula is C23H15BrFNO3. The van der Waals surface area contributed by atoms with Crippen molar-refractivity contribution in [2.75, 3.05) is 7.11 Å². The van der Waals surface area contributed by atoms with E-state index in [1.165, 1.54) is 11.5 Å². The molecule has 0 N–H and O–H groups in total. The van der Waals surface area contributed by atoms with E-state index in [-0.39, 0.29) is 11.3 Å². The quantitative estimate of drug-likeness (QED) is 0.386. The van der Waals surface area contributed by atoms with E-state index in [1.807, 2.05) is 0 Å². The van der Waals surface area contributed by atoms with Crippen molar-refractivity contribution < 1.29 is 18.7 Å². The lowest BCUT2D eigenvalue weighted by Gasteiger charge is -2.04. The fourth-order valence-corrected chi connectivity index (χ4v) is 3.49. The third kappa shape index (κ3) is 3.36. The minimum atomic E-state index is -0.829. The number of ether oxygens (including phenoxy) is 1. The van der Waals surface area contributed by atoms with Crippen molar-refractivity contribution in [2.24, 2.45) is 0 Å². The molecule has 0 aliphatic carbocycles. The highest BCUT2D eigenvalue weighted by atomic mass is 79.9. The minimum absolute atomic E-state index is 0.121. The third-order valence-electron chi connectivity index (χ3n) is 4.69. The topological polar surface area (TPSA) is 47.8 Å². The first-order valence-electron chi connectivity index (χ1n) is 8.79. The molecule has 0 amide bonds. The molecule has 4 nitrogen and oxygen atoms in total. The number of pyridine rings is 1. The van der Waals surface area contributed by atoms with Crippen molar-refractivity contribution in [3.63, 3.8) is 0 Å². The van der Waals surface area contributed by atoms with Gasteiger partial charge in [0.25, 0.3) is 0 Å². The van der Waals surface area contributed by atoms with E-state index in [0.717, 1.165) is 4.47 Å². The highest BCUT2D eigenvalue weighted by Gasteiger charge is 2.28. The summed E-state index contributed by atoms with van der Waals surface area (Å²) in [5, 5.41) is 0. The first kappa shape index (κ1) is 19.1. The molecule has 144 valence electrons. The molecule has 6 heteroatoms. The fourth-order valence-electron chi connectivity index (χ4n) is 3.23. The highest BCUT2D eigenvalue weighted by molar-refractivity contribution is 9.10. The zero-order chi connectivity index (χ0) is 20.5. The van der Waals surface area contributed by atoms with Crippen molar-refractivity contribution in [3.8, 4) is 5.75 Å². The lowest BCUT2D eigenvalue weighted by molar-refractivity contribution is 0.102. The van der Waals surface area contributed by atoms with Gasteiger partial charge in [0.1, 0.15) is 11.4 Å². The number of methoxy groups -OCH3 is 1. The zero-order valence-corrected chi connectivity index (χ0v) is 16.9. The number of aromatic nitrogens is 1. The number of hydrogen-bond donors (Lipinski definition) is 0. The second kappa shape index (κ2) is 7.64. The van der Waals surface area contributed by atoms with Crippen LogP contribution in [0.5, 0.6) is 5.75 Å². The second-order valence-electron chi connectivity index (χ2n) is 6.39. The molecule has 0 atom stereocenters. The van der Waals surface area contributed by atoms with Crippen molar-refractivity contribution in [1.29, 1.82) is 0 Å². The van der Waals surface area contributed by atoms with Gasteiger partial charge in [0.05, 0.1) is 18.2 Å². The van der Waals surface area contributed by atoms with Crippen LogP contribution >= 0.6 is 15.9 Å². The van der Waals surface area contributed by atoms with Gasteiger partial charge in [0.15, 0.2) is 11.6 Å². The Labute approximate surface area is 174 Å². The predicted octanol–water partition coefficient (Wildman–Crippen LogP) is 5.31. The van der Waals surface area contributed by atoms with E-state index < -0.39 is 17.4 Å². The summed E-state index contributed by atoms with van der Waals surface area (Å²) < 4.78 is 22.8. The van der Waals surface area contributed by atoms with E-state index in [9.17, 15) is 9.59 Å². The maximum atomic E-state index is 15.5. The Hall–Kier alpha value is -3.25. The van der Waals surface area contributed by atoms with Crippen molar-refractivity contribution in [2.45, 2.75) is 0 Å². The molecule has 0 unspecified atom stereocenters. The fraction of sp³-hybridized carbons (Fsp3) is 0.0435. The van der Waals surface area contributed by atoms with Gasteiger partial charge in [-0.2, -0.15) is 0 Å². The van der Waals surface area contributed by atoms with E-state index >= 15 is 4.39 Å². The third-order valence-corrected chi connectivity index (χ3v) is 5.21. The summed E-state index contributed by atoms with van der Waals surface area (Å²) in [6, 6.07) is 18.1. The molecule has 0 fully saturated rings. The largest absolute Gasteiger partial charge is 0.497 e. The summed E-state index contributed by atoms with van der Waals surface area (Å²) in [5.74, 6) is -1.23. The summed E-state index contributed by atoms with van der Waals surface area (Å²) in [5.41, 5.74) is 0.688. The molecule has 2 aromatic carbocycles. The van der Waals surface area contributed by atoms with Gasteiger partial charge in [-0.25, -0.2) is 4.39 Å².